The fourth-order valence-corrected chi connectivity index (χ4v) is 1.61. The van der Waals surface area contributed by atoms with Crippen molar-refractivity contribution < 1.29 is 9.53 Å². The first-order valence-corrected chi connectivity index (χ1v) is 5.77. The van der Waals surface area contributed by atoms with Gasteiger partial charge in [0, 0.05) is 19.0 Å². The fraction of sp³-hybridized carbons (Fsp3) is 0.462. The fourth-order valence-electron chi connectivity index (χ4n) is 1.61. The van der Waals surface area contributed by atoms with Crippen LogP contribution < -0.4 is 15.8 Å². The maximum atomic E-state index is 11.4. The van der Waals surface area contributed by atoms with E-state index in [-0.39, 0.29) is 24.4 Å². The summed E-state index contributed by atoms with van der Waals surface area (Å²) in [6.45, 7) is 2.42. The molecular weight excluding hydrogens is 252 g/mol. The quantitative estimate of drug-likeness (QED) is 0.825. The van der Waals surface area contributed by atoms with Gasteiger partial charge in [-0.25, -0.2) is 0 Å². The van der Waals surface area contributed by atoms with Crippen LogP contribution in [0.15, 0.2) is 24.3 Å². The molecule has 0 aliphatic carbocycles. The lowest BCUT2D eigenvalue weighted by atomic mass is 10.1. The molecule has 18 heavy (non-hydrogen) atoms. The molecule has 1 rings (SSSR count). The third-order valence-corrected chi connectivity index (χ3v) is 2.42. The number of nitrogens with one attached hydrogen (secondary N) is 1. The average molecular weight is 273 g/mol. The van der Waals surface area contributed by atoms with Gasteiger partial charge >= 0.3 is 0 Å². The van der Waals surface area contributed by atoms with Gasteiger partial charge in [-0.15, -0.1) is 12.4 Å². The molecule has 1 aromatic rings. The van der Waals surface area contributed by atoms with Gasteiger partial charge < -0.3 is 15.8 Å². The van der Waals surface area contributed by atoms with Crippen molar-refractivity contribution in [3.05, 3.63) is 29.8 Å². The Bertz CT molecular complexity index is 370. The lowest BCUT2D eigenvalue weighted by molar-refractivity contribution is -0.121. The van der Waals surface area contributed by atoms with Crippen molar-refractivity contribution in [1.82, 2.24) is 5.32 Å². The zero-order valence-corrected chi connectivity index (χ0v) is 11.6. The minimum Gasteiger partial charge on any atom is -0.496 e. The largest absolute Gasteiger partial charge is 0.496 e. The van der Waals surface area contributed by atoms with E-state index in [9.17, 15) is 4.79 Å². The van der Waals surface area contributed by atoms with Gasteiger partial charge in [-0.3, -0.25) is 4.79 Å². The maximum absolute atomic E-state index is 11.4. The van der Waals surface area contributed by atoms with Crippen LogP contribution in [0.3, 0.4) is 0 Å². The molecule has 3 N–H and O–H groups in total. The summed E-state index contributed by atoms with van der Waals surface area (Å²) in [5, 5.41) is 2.84. The Balaban J connectivity index is 0.00000289. The first-order chi connectivity index (χ1) is 8.13. The van der Waals surface area contributed by atoms with E-state index in [0.717, 1.165) is 17.7 Å². The Labute approximate surface area is 114 Å². The summed E-state index contributed by atoms with van der Waals surface area (Å²) in [6.07, 6.45) is 1.13. The van der Waals surface area contributed by atoms with Crippen LogP contribution in [-0.2, 0) is 11.2 Å². The van der Waals surface area contributed by atoms with E-state index in [1.165, 1.54) is 0 Å². The van der Waals surface area contributed by atoms with Gasteiger partial charge in [-0.2, -0.15) is 0 Å². The van der Waals surface area contributed by atoms with Gasteiger partial charge in [0.2, 0.25) is 5.91 Å². The second kappa shape index (κ2) is 8.78. The molecule has 0 aliphatic heterocycles. The number of nitrogens with two attached hydrogens (primary N) is 1. The number of carbonyl (C=O) groups is 1. The van der Waals surface area contributed by atoms with Crippen LogP contribution in [0.2, 0.25) is 0 Å². The van der Waals surface area contributed by atoms with Gasteiger partial charge in [-0.1, -0.05) is 18.2 Å². The Morgan fingerprint density at radius 1 is 1.44 bits per heavy atom. The predicted molar refractivity (Wildman–Crippen MR) is 75.2 cm³/mol. The number of ether oxygens (including phenoxy) is 1. The number of hydrogen-bond acceptors (Lipinski definition) is 3. The van der Waals surface area contributed by atoms with Gasteiger partial charge in [-0.05, 0) is 25.0 Å². The third-order valence-electron chi connectivity index (χ3n) is 2.42. The highest BCUT2D eigenvalue weighted by molar-refractivity contribution is 5.85. The van der Waals surface area contributed by atoms with Gasteiger partial charge in [0.15, 0.2) is 0 Å². The van der Waals surface area contributed by atoms with Crippen molar-refractivity contribution in [2.24, 2.45) is 5.73 Å². The van der Waals surface area contributed by atoms with E-state index in [0.29, 0.717) is 13.0 Å². The van der Waals surface area contributed by atoms with Crippen molar-refractivity contribution in [2.45, 2.75) is 25.8 Å². The molecule has 0 fully saturated rings. The first-order valence-electron chi connectivity index (χ1n) is 5.77. The lowest BCUT2D eigenvalue weighted by Crippen LogP contribution is -2.31. The summed E-state index contributed by atoms with van der Waals surface area (Å²) in [4.78, 5) is 11.4. The van der Waals surface area contributed by atoms with Crippen LogP contribution >= 0.6 is 12.4 Å². The minimum absolute atomic E-state index is 0. The number of carbonyl (C=O) groups excluding carboxylic acids is 1. The number of para-hydroxylation sites is 1. The van der Waals surface area contributed by atoms with E-state index in [1.807, 2.05) is 31.2 Å². The number of hydrogen-bond donors (Lipinski definition) is 2. The van der Waals surface area contributed by atoms with E-state index in [4.69, 9.17) is 10.5 Å². The average Bonchev–Trinajstić information content (AvgIpc) is 2.28. The molecule has 4 nitrogen and oxygen atoms in total. The van der Waals surface area contributed by atoms with Crippen molar-refractivity contribution >= 4 is 18.3 Å². The van der Waals surface area contributed by atoms with Gasteiger partial charge in [0.05, 0.1) is 7.11 Å². The SMILES string of the molecule is COc1ccccc1CCNC(=O)CC(C)N.Cl. The van der Waals surface area contributed by atoms with E-state index >= 15 is 0 Å². The van der Waals surface area contributed by atoms with Crippen molar-refractivity contribution in [3.8, 4) is 5.75 Å². The Morgan fingerprint density at radius 2 is 2.11 bits per heavy atom. The molecule has 0 saturated carbocycles. The Kier molecular flexibility index (Phi) is 8.16. The molecule has 1 unspecified atom stereocenters. The summed E-state index contributed by atoms with van der Waals surface area (Å²) >= 11 is 0. The number of rotatable bonds is 6. The number of benzene rings is 1. The molecule has 0 aromatic heterocycles. The maximum Gasteiger partial charge on any atom is 0.221 e. The second-order valence-electron chi connectivity index (χ2n) is 4.09. The highest BCUT2D eigenvalue weighted by Crippen LogP contribution is 2.17. The monoisotopic (exact) mass is 272 g/mol. The smallest absolute Gasteiger partial charge is 0.221 e. The highest BCUT2D eigenvalue weighted by Gasteiger charge is 2.05. The molecule has 0 bridgehead atoms. The minimum atomic E-state index is -0.0961. The molecule has 1 atom stereocenters. The molecular formula is C13H21ClN2O2. The lowest BCUT2D eigenvalue weighted by Gasteiger charge is -2.09. The standard InChI is InChI=1S/C13H20N2O2.ClH/c1-10(14)9-13(16)15-8-7-11-5-3-4-6-12(11)17-2;/h3-6,10H,7-9,14H2,1-2H3,(H,15,16);1H. The number of halogens is 1. The van der Waals surface area contributed by atoms with E-state index in [1.54, 1.807) is 7.11 Å². The summed E-state index contributed by atoms with van der Waals surface area (Å²) in [5.74, 6) is 0.851. The van der Waals surface area contributed by atoms with Crippen LogP contribution in [0, 0.1) is 0 Å². The van der Waals surface area contributed by atoms with Crippen molar-refractivity contribution in [1.29, 1.82) is 0 Å². The third kappa shape index (κ3) is 5.89. The molecule has 0 saturated heterocycles. The van der Waals surface area contributed by atoms with Crippen LogP contribution in [0.5, 0.6) is 5.75 Å². The predicted octanol–water partition coefficient (Wildman–Crippen LogP) is 1.51. The van der Waals surface area contributed by atoms with Gasteiger partial charge in [0.25, 0.3) is 0 Å². The molecule has 0 radical (unpaired) electrons. The molecule has 102 valence electrons. The Morgan fingerprint density at radius 3 is 2.72 bits per heavy atom. The van der Waals surface area contributed by atoms with Crippen LogP contribution in [0.4, 0.5) is 0 Å². The molecule has 0 aliphatic rings. The number of amides is 1. The molecule has 0 heterocycles. The summed E-state index contributed by atoms with van der Waals surface area (Å²) in [7, 11) is 1.65. The van der Waals surface area contributed by atoms with Crippen molar-refractivity contribution in [3.63, 3.8) is 0 Å². The summed E-state index contributed by atoms with van der Waals surface area (Å²) in [6, 6.07) is 7.70. The normalized spacial score (nSPS) is 11.3. The summed E-state index contributed by atoms with van der Waals surface area (Å²) in [5.41, 5.74) is 6.63. The van der Waals surface area contributed by atoms with Crippen molar-refractivity contribution in [2.75, 3.05) is 13.7 Å². The molecule has 5 heteroatoms. The van der Waals surface area contributed by atoms with Crippen LogP contribution in [0.25, 0.3) is 0 Å². The highest BCUT2D eigenvalue weighted by atomic mass is 35.5. The summed E-state index contributed by atoms with van der Waals surface area (Å²) < 4.78 is 5.23. The Hall–Kier alpha value is -1.26. The van der Waals surface area contributed by atoms with E-state index in [2.05, 4.69) is 5.32 Å². The number of methoxy groups -OCH3 is 1. The second-order valence-corrected chi connectivity index (χ2v) is 4.09. The zero-order valence-electron chi connectivity index (χ0n) is 10.8. The first kappa shape index (κ1) is 16.7. The van der Waals surface area contributed by atoms with Crippen LogP contribution in [-0.4, -0.2) is 25.6 Å². The molecule has 0 spiro atoms. The molecule has 1 amide bonds. The van der Waals surface area contributed by atoms with Gasteiger partial charge in [0.1, 0.15) is 5.75 Å². The van der Waals surface area contributed by atoms with E-state index < -0.39 is 0 Å². The zero-order chi connectivity index (χ0) is 12.7. The molecule has 1 aromatic carbocycles. The van der Waals surface area contributed by atoms with Crippen LogP contribution in [0.1, 0.15) is 18.9 Å². The topological polar surface area (TPSA) is 64.3 Å².